The van der Waals surface area contributed by atoms with Crippen molar-refractivity contribution in [2.24, 2.45) is 0 Å². The van der Waals surface area contributed by atoms with Crippen LogP contribution < -0.4 is 0 Å². The third-order valence-electron chi connectivity index (χ3n) is 25.4. The number of furan rings is 2. The number of fused-ring (bicyclic) bond motifs is 24. The lowest BCUT2D eigenvalue weighted by Crippen LogP contribution is -2.28. The molecule has 0 bridgehead atoms. The lowest BCUT2D eigenvalue weighted by Gasteiger charge is -2.34. The van der Waals surface area contributed by atoms with E-state index in [0.717, 1.165) is 22.3 Å². The number of hydrogen-bond donors (Lipinski definition) is 0. The monoisotopic (exact) mass is 1640 g/mol. The molecule has 0 N–H and O–H groups in total. The highest BCUT2D eigenvalue weighted by atomic mass is 32.1. The van der Waals surface area contributed by atoms with E-state index >= 15 is 0 Å². The Balaban J connectivity index is 0.0000000996. The fourth-order valence-corrected chi connectivity index (χ4v) is 21.4. The van der Waals surface area contributed by atoms with Crippen LogP contribution in [0.2, 0.25) is 0 Å². The maximum atomic E-state index is 5.91. The van der Waals surface area contributed by atoms with Crippen LogP contribution in [-0.2, 0) is 10.8 Å². The second-order valence-corrected chi connectivity index (χ2v) is 37.3. The molecule has 0 atom stereocenters. The van der Waals surface area contributed by atoms with Crippen LogP contribution in [0.15, 0.2) is 349 Å². The highest BCUT2D eigenvalue weighted by molar-refractivity contribution is 7.26. The largest absolute Gasteiger partial charge is 0.456 e. The van der Waals surface area contributed by atoms with Gasteiger partial charge in [-0.2, -0.15) is 0 Å². The summed E-state index contributed by atoms with van der Waals surface area (Å²) in [5.41, 5.74) is 36.0. The number of thiophene rings is 2. The average Bonchev–Trinajstić information content (AvgIpc) is 1.53. The molecule has 0 saturated heterocycles. The SMILES string of the molecule is Cc1ccc2c(c1)C(C)(C)c1cc(C)ccc1-2.Cc1ccc2c(c1)C(c1ccccc1)(c1ccccc1)c1cc(C)ccc1-2.Cc1ccc2c3ccc(C)cc3c3ccccc3c2c1.Cc1ccc2oc3ccc(C)cc3c2c1.Cc1ccc2sc3ccc(C)cc3c2c1.Cc1cccc2c1oc1c(C)cccc12.Cc1cccc2c1sc1c(C)cccc12. The quantitative estimate of drug-likeness (QED) is 0.161. The van der Waals surface area contributed by atoms with Gasteiger partial charge in [-0.3, -0.25) is 0 Å². The van der Waals surface area contributed by atoms with Crippen molar-refractivity contribution in [1.82, 2.24) is 0 Å². The molecule has 4 heteroatoms. The van der Waals surface area contributed by atoms with Gasteiger partial charge >= 0.3 is 0 Å². The molecule has 4 aromatic heterocycles. The van der Waals surface area contributed by atoms with E-state index in [9.17, 15) is 0 Å². The van der Waals surface area contributed by atoms with Crippen molar-refractivity contribution in [3.8, 4) is 22.3 Å². The smallest absolute Gasteiger partial charge is 0.138 e. The molecule has 2 aliphatic rings. The molecule has 0 unspecified atom stereocenters. The van der Waals surface area contributed by atoms with Gasteiger partial charge in [0.15, 0.2) is 0 Å². The Morgan fingerprint density at radius 3 is 0.887 bits per heavy atom. The van der Waals surface area contributed by atoms with E-state index in [-0.39, 0.29) is 10.8 Å². The Morgan fingerprint density at radius 2 is 0.492 bits per heavy atom. The van der Waals surface area contributed by atoms with Crippen LogP contribution in [0.3, 0.4) is 0 Å². The number of hydrogen-bond acceptors (Lipinski definition) is 4. The summed E-state index contributed by atoms with van der Waals surface area (Å²) in [6.07, 6.45) is 0. The zero-order valence-electron chi connectivity index (χ0n) is 74.0. The lowest BCUT2D eigenvalue weighted by atomic mass is 9.67. The van der Waals surface area contributed by atoms with Crippen LogP contribution in [0.25, 0.3) is 139 Å². The van der Waals surface area contributed by atoms with Crippen molar-refractivity contribution in [1.29, 1.82) is 0 Å². The van der Waals surface area contributed by atoms with Gasteiger partial charge in [0.25, 0.3) is 0 Å². The molecule has 608 valence electrons. The van der Waals surface area contributed by atoms with Crippen LogP contribution in [-0.4, -0.2) is 0 Å². The molecule has 2 nitrogen and oxygen atoms in total. The fraction of sp³-hybridized carbons (Fsp3) is 0.150. The van der Waals surface area contributed by atoms with Crippen LogP contribution in [0, 0.1) is 96.9 Å². The van der Waals surface area contributed by atoms with E-state index < -0.39 is 0 Å². The summed E-state index contributed by atoms with van der Waals surface area (Å²) in [5.74, 6) is 0. The summed E-state index contributed by atoms with van der Waals surface area (Å²) >= 11 is 3.79. The Kier molecular flexibility index (Phi) is 22.1. The van der Waals surface area contributed by atoms with Gasteiger partial charge in [-0.1, -0.05) is 361 Å². The van der Waals surface area contributed by atoms with Gasteiger partial charge in [-0.25, -0.2) is 0 Å². The second-order valence-electron chi connectivity index (χ2n) is 35.2. The van der Waals surface area contributed by atoms with E-state index in [1.165, 1.54) is 228 Å². The van der Waals surface area contributed by atoms with Crippen LogP contribution in [0.5, 0.6) is 0 Å². The van der Waals surface area contributed by atoms with E-state index in [2.05, 4.69) is 438 Å². The van der Waals surface area contributed by atoms with E-state index in [1.54, 1.807) is 0 Å². The third-order valence-corrected chi connectivity index (χ3v) is 28.0. The van der Waals surface area contributed by atoms with Crippen molar-refractivity contribution >= 4 is 139 Å². The predicted molar refractivity (Wildman–Crippen MR) is 539 cm³/mol. The molecular formula is C120H104O2S2. The minimum atomic E-state index is -0.273. The molecule has 0 fully saturated rings. The molecule has 0 saturated carbocycles. The van der Waals surface area contributed by atoms with Gasteiger partial charge in [0.1, 0.15) is 22.3 Å². The summed E-state index contributed by atoms with van der Waals surface area (Å²) in [5, 5.41) is 18.6. The summed E-state index contributed by atoms with van der Waals surface area (Å²) < 4.78 is 17.3. The molecule has 0 spiro atoms. The van der Waals surface area contributed by atoms with E-state index in [4.69, 9.17) is 8.83 Å². The maximum Gasteiger partial charge on any atom is 0.138 e. The lowest BCUT2D eigenvalue weighted by molar-refractivity contribution is 0.659. The first-order chi connectivity index (χ1) is 60.0. The van der Waals surface area contributed by atoms with Gasteiger partial charge < -0.3 is 8.83 Å². The van der Waals surface area contributed by atoms with Gasteiger partial charge in [-0.05, 0) is 256 Å². The second kappa shape index (κ2) is 33.5. The summed E-state index contributed by atoms with van der Waals surface area (Å²) in [4.78, 5) is 0. The van der Waals surface area contributed by atoms with Crippen molar-refractivity contribution < 1.29 is 8.83 Å². The number of para-hydroxylation sites is 2. The van der Waals surface area contributed by atoms with Gasteiger partial charge in [-0.15, -0.1) is 22.7 Å². The topological polar surface area (TPSA) is 26.3 Å². The molecule has 2 aliphatic carbocycles. The Bertz CT molecular complexity index is 7160. The number of benzene rings is 18. The number of aryl methyl sites for hydroxylation is 14. The molecule has 124 heavy (non-hydrogen) atoms. The van der Waals surface area contributed by atoms with Crippen molar-refractivity contribution in [2.45, 2.75) is 122 Å². The fourth-order valence-electron chi connectivity index (χ4n) is 19.1. The van der Waals surface area contributed by atoms with Crippen molar-refractivity contribution in [3.63, 3.8) is 0 Å². The highest BCUT2D eigenvalue weighted by Crippen LogP contribution is 2.57. The minimum absolute atomic E-state index is 0.142. The van der Waals surface area contributed by atoms with Crippen molar-refractivity contribution in [3.05, 3.63) is 451 Å². The summed E-state index contributed by atoms with van der Waals surface area (Å²) in [7, 11) is 0. The van der Waals surface area contributed by atoms with E-state index in [0.29, 0.717) is 0 Å². The molecule has 4 heterocycles. The first-order valence-electron chi connectivity index (χ1n) is 43.4. The average molecular weight is 1640 g/mol. The van der Waals surface area contributed by atoms with Crippen LogP contribution in [0.4, 0.5) is 0 Å². The molecule has 0 aliphatic heterocycles. The zero-order chi connectivity index (χ0) is 86.0. The van der Waals surface area contributed by atoms with Gasteiger partial charge in [0, 0.05) is 67.3 Å². The first kappa shape index (κ1) is 81.8. The molecule has 0 amide bonds. The Labute approximate surface area is 737 Å². The predicted octanol–water partition coefficient (Wildman–Crippen LogP) is 34.8. The summed E-state index contributed by atoms with van der Waals surface area (Å²) in [6.45, 7) is 34.8. The standard InChI is InChI=1S/C27H22.C20H16.C17H18.2C14H12O.2C14H12S/c1-19-13-15-23-24-16-14-20(2)18-26(24)27(25(23)17-19,21-9-5-3-6-10-21)22-11-7-4-8-12-22;1-13-7-9-17-18-10-8-14(2)12-20(18)16-6-4-3-5-15(16)19(17)11-13;1-11-5-7-13-14-8-6-12(2)10-16(14)17(3,4)15(13)9-11;1-9-3-5-13-11(7-9)12-8-10(2)4-6-14(12)15-13;1-9-5-3-7-11-12-8-4-6-10(2)14(12)15-13(9)11;1-9-3-5-13-11(7-9)12-8-10(2)4-6-14(12)15-13;1-9-5-3-7-11-12-8-4-6-10(2)14(12)15-13(9)11/h3-18H,1-2H3;3-12H,1-2H3;5-10H,1-4H3;4*3-8H,1-2H3. The Hall–Kier alpha value is -13.2. The van der Waals surface area contributed by atoms with Crippen LogP contribution in [0.1, 0.15) is 125 Å². The van der Waals surface area contributed by atoms with Crippen molar-refractivity contribution in [2.75, 3.05) is 0 Å². The highest BCUT2D eigenvalue weighted by Gasteiger charge is 2.46. The molecule has 22 aromatic rings. The number of rotatable bonds is 2. The molecule has 0 radical (unpaired) electrons. The van der Waals surface area contributed by atoms with Crippen LogP contribution >= 0.6 is 22.7 Å². The summed E-state index contributed by atoms with van der Waals surface area (Å²) in [6, 6.07) is 123. The molecule has 24 rings (SSSR count). The third kappa shape index (κ3) is 15.3. The van der Waals surface area contributed by atoms with Gasteiger partial charge in [0.2, 0.25) is 0 Å². The minimum Gasteiger partial charge on any atom is -0.456 e. The van der Waals surface area contributed by atoms with E-state index in [1.807, 2.05) is 34.8 Å². The zero-order valence-corrected chi connectivity index (χ0v) is 75.6. The molecule has 18 aromatic carbocycles. The van der Waals surface area contributed by atoms with Gasteiger partial charge in [0.05, 0.1) is 5.41 Å². The maximum absolute atomic E-state index is 5.91. The first-order valence-corrected chi connectivity index (χ1v) is 45.0. The molecular weight excluding hydrogens is 1540 g/mol. The normalized spacial score (nSPS) is 12.5. The Morgan fingerprint density at radius 1 is 0.202 bits per heavy atom.